The summed E-state index contributed by atoms with van der Waals surface area (Å²) in [6, 6.07) is 5.26. The third-order valence-corrected chi connectivity index (χ3v) is 2.89. The predicted octanol–water partition coefficient (Wildman–Crippen LogP) is 3.76. The molecule has 0 N–H and O–H groups in total. The number of rotatable bonds is 5. The molecule has 0 heterocycles. The van der Waals surface area contributed by atoms with E-state index in [4.69, 9.17) is 0 Å². The van der Waals surface area contributed by atoms with Crippen molar-refractivity contribution >= 4 is 27.3 Å². The van der Waals surface area contributed by atoms with Crippen LogP contribution in [0, 0.1) is 10.1 Å². The Bertz CT molecular complexity index is 433. The van der Waals surface area contributed by atoms with Gasteiger partial charge in [0.1, 0.15) is 5.69 Å². The van der Waals surface area contributed by atoms with Crippen molar-refractivity contribution in [3.05, 3.63) is 45.4 Å². The lowest BCUT2D eigenvalue weighted by molar-refractivity contribution is -0.384. The Labute approximate surface area is 109 Å². The van der Waals surface area contributed by atoms with Crippen molar-refractivity contribution in [3.8, 4) is 0 Å². The molecule has 92 valence electrons. The van der Waals surface area contributed by atoms with Gasteiger partial charge in [0, 0.05) is 23.1 Å². The lowest BCUT2D eigenvalue weighted by Crippen LogP contribution is -2.31. The lowest BCUT2D eigenvalue weighted by Gasteiger charge is -2.27. The second kappa shape index (κ2) is 5.82. The Morgan fingerprint density at radius 1 is 1.59 bits per heavy atom. The molecule has 0 unspecified atom stereocenters. The topological polar surface area (TPSA) is 46.4 Å². The van der Waals surface area contributed by atoms with Crippen molar-refractivity contribution in [2.75, 3.05) is 11.4 Å². The summed E-state index contributed by atoms with van der Waals surface area (Å²) in [5.74, 6) is 0. The third kappa shape index (κ3) is 3.30. The summed E-state index contributed by atoms with van der Waals surface area (Å²) in [7, 11) is 0. The fourth-order valence-corrected chi connectivity index (χ4v) is 1.96. The van der Waals surface area contributed by atoms with Crippen molar-refractivity contribution in [1.29, 1.82) is 0 Å². The maximum Gasteiger partial charge on any atom is 0.293 e. The van der Waals surface area contributed by atoms with Crippen LogP contribution in [0.15, 0.2) is 35.3 Å². The van der Waals surface area contributed by atoms with Crippen LogP contribution in [0.4, 0.5) is 11.4 Å². The summed E-state index contributed by atoms with van der Waals surface area (Å²) in [4.78, 5) is 12.6. The van der Waals surface area contributed by atoms with Crippen LogP contribution < -0.4 is 4.90 Å². The van der Waals surface area contributed by atoms with Crippen molar-refractivity contribution < 1.29 is 4.92 Å². The molecule has 17 heavy (non-hydrogen) atoms. The van der Waals surface area contributed by atoms with Crippen LogP contribution in [0.1, 0.15) is 13.8 Å². The molecule has 0 amide bonds. The molecular weight excluding hydrogens is 284 g/mol. The Morgan fingerprint density at radius 3 is 2.71 bits per heavy atom. The lowest BCUT2D eigenvalue weighted by atomic mass is 10.2. The summed E-state index contributed by atoms with van der Waals surface area (Å²) in [5, 5.41) is 11.0. The van der Waals surface area contributed by atoms with Gasteiger partial charge in [0.25, 0.3) is 5.69 Å². The molecule has 0 radical (unpaired) electrons. The van der Waals surface area contributed by atoms with Crippen LogP contribution >= 0.6 is 15.9 Å². The van der Waals surface area contributed by atoms with Crippen LogP contribution in [-0.4, -0.2) is 17.5 Å². The van der Waals surface area contributed by atoms with E-state index in [9.17, 15) is 10.1 Å². The van der Waals surface area contributed by atoms with Gasteiger partial charge in [-0.15, -0.1) is 6.58 Å². The average Bonchev–Trinajstić information content (AvgIpc) is 2.26. The van der Waals surface area contributed by atoms with Crippen LogP contribution in [0.5, 0.6) is 0 Å². The number of halogens is 1. The van der Waals surface area contributed by atoms with Crippen molar-refractivity contribution in [2.45, 2.75) is 19.9 Å². The second-order valence-corrected chi connectivity index (χ2v) is 4.84. The van der Waals surface area contributed by atoms with E-state index in [0.29, 0.717) is 16.7 Å². The van der Waals surface area contributed by atoms with E-state index in [1.165, 1.54) is 6.07 Å². The van der Waals surface area contributed by atoms with E-state index in [1.54, 1.807) is 18.2 Å². The average molecular weight is 299 g/mol. The highest BCUT2D eigenvalue weighted by molar-refractivity contribution is 9.10. The fraction of sp³-hybridized carbons (Fsp3) is 0.333. The third-order valence-electron chi connectivity index (χ3n) is 2.39. The summed E-state index contributed by atoms with van der Waals surface area (Å²) in [5.41, 5.74) is 0.725. The quantitative estimate of drug-likeness (QED) is 0.472. The highest BCUT2D eigenvalue weighted by Gasteiger charge is 2.20. The molecule has 0 saturated carbocycles. The van der Waals surface area contributed by atoms with Gasteiger partial charge >= 0.3 is 0 Å². The van der Waals surface area contributed by atoms with E-state index >= 15 is 0 Å². The molecule has 0 spiro atoms. The van der Waals surface area contributed by atoms with Gasteiger partial charge in [0.05, 0.1) is 4.92 Å². The molecule has 4 nitrogen and oxygen atoms in total. The molecule has 0 saturated heterocycles. The fourth-order valence-electron chi connectivity index (χ4n) is 1.61. The Hall–Kier alpha value is -1.36. The highest BCUT2D eigenvalue weighted by atomic mass is 79.9. The predicted molar refractivity (Wildman–Crippen MR) is 73.5 cm³/mol. The van der Waals surface area contributed by atoms with Crippen LogP contribution in [-0.2, 0) is 0 Å². The van der Waals surface area contributed by atoms with Gasteiger partial charge in [-0.1, -0.05) is 22.0 Å². The molecule has 0 aliphatic carbocycles. The molecule has 0 bridgehead atoms. The number of nitro benzene ring substituents is 1. The Kier molecular flexibility index (Phi) is 4.69. The normalized spacial score (nSPS) is 10.4. The van der Waals surface area contributed by atoms with Crippen LogP contribution in [0.25, 0.3) is 0 Å². The summed E-state index contributed by atoms with van der Waals surface area (Å²) >= 11 is 3.25. The van der Waals surface area contributed by atoms with Gasteiger partial charge in [-0.2, -0.15) is 0 Å². The van der Waals surface area contributed by atoms with Crippen molar-refractivity contribution in [3.63, 3.8) is 0 Å². The van der Waals surface area contributed by atoms with Gasteiger partial charge in [0.15, 0.2) is 0 Å². The minimum absolute atomic E-state index is 0.106. The van der Waals surface area contributed by atoms with Gasteiger partial charge in [-0.05, 0) is 26.0 Å². The summed E-state index contributed by atoms with van der Waals surface area (Å²) in [6.45, 7) is 8.25. The molecular formula is C12H15BrN2O2. The monoisotopic (exact) mass is 298 g/mol. The Morgan fingerprint density at radius 2 is 2.24 bits per heavy atom. The summed E-state index contributed by atoms with van der Waals surface area (Å²) in [6.07, 6.45) is 1.74. The van der Waals surface area contributed by atoms with Crippen LogP contribution in [0.2, 0.25) is 0 Å². The maximum absolute atomic E-state index is 11.0. The Balaban J connectivity index is 3.26. The zero-order chi connectivity index (χ0) is 13.0. The first kappa shape index (κ1) is 13.7. The van der Waals surface area contributed by atoms with E-state index in [0.717, 1.165) is 0 Å². The molecule has 0 aliphatic rings. The van der Waals surface area contributed by atoms with Gasteiger partial charge in [-0.3, -0.25) is 10.1 Å². The van der Waals surface area contributed by atoms with E-state index < -0.39 is 0 Å². The molecule has 5 heteroatoms. The highest BCUT2D eigenvalue weighted by Crippen LogP contribution is 2.32. The van der Waals surface area contributed by atoms with E-state index in [1.807, 2.05) is 18.7 Å². The first-order valence-electron chi connectivity index (χ1n) is 5.29. The summed E-state index contributed by atoms with van der Waals surface area (Å²) < 4.78 is 0.704. The largest absolute Gasteiger partial charge is 0.360 e. The minimum atomic E-state index is -0.363. The van der Waals surface area contributed by atoms with Crippen molar-refractivity contribution in [1.82, 2.24) is 0 Å². The molecule has 1 aromatic rings. The molecule has 1 aromatic carbocycles. The van der Waals surface area contributed by atoms with Crippen molar-refractivity contribution in [2.24, 2.45) is 0 Å². The standard InChI is InChI=1S/C12H15BrN2O2/c1-4-7-14(9(2)3)11-6-5-10(13)8-12(11)15(16)17/h4-6,8-9H,1,7H2,2-3H3. The molecule has 0 atom stereocenters. The first-order chi connectivity index (χ1) is 7.97. The SMILES string of the molecule is C=CCN(c1ccc(Br)cc1[N+](=O)[O-])C(C)C. The van der Waals surface area contributed by atoms with Gasteiger partial charge in [0.2, 0.25) is 0 Å². The smallest absolute Gasteiger partial charge is 0.293 e. The number of hydrogen-bond donors (Lipinski definition) is 0. The van der Waals surface area contributed by atoms with Crippen LogP contribution in [0.3, 0.4) is 0 Å². The zero-order valence-corrected chi connectivity index (χ0v) is 11.5. The number of benzene rings is 1. The maximum atomic E-state index is 11.0. The molecule has 0 aromatic heterocycles. The molecule has 0 fully saturated rings. The number of anilines is 1. The van der Waals surface area contributed by atoms with Gasteiger partial charge < -0.3 is 4.90 Å². The molecule has 1 rings (SSSR count). The number of nitrogens with zero attached hydrogens (tertiary/aromatic N) is 2. The number of hydrogen-bond acceptors (Lipinski definition) is 3. The number of nitro groups is 1. The van der Waals surface area contributed by atoms with E-state index in [-0.39, 0.29) is 16.7 Å². The van der Waals surface area contributed by atoms with Gasteiger partial charge in [-0.25, -0.2) is 0 Å². The second-order valence-electron chi connectivity index (χ2n) is 3.92. The zero-order valence-electron chi connectivity index (χ0n) is 9.89. The molecule has 0 aliphatic heterocycles. The van der Waals surface area contributed by atoms with E-state index in [2.05, 4.69) is 22.5 Å². The first-order valence-corrected chi connectivity index (χ1v) is 6.08. The minimum Gasteiger partial charge on any atom is -0.360 e.